The largest absolute Gasteiger partial charge is 0.192 e. The number of nitrogens with zero attached hydrogens (tertiary/aromatic N) is 2. The van der Waals surface area contributed by atoms with Crippen LogP contribution in [0.15, 0.2) is 146 Å². The average Bonchev–Trinajstić information content (AvgIpc) is 3.04. The first kappa shape index (κ1) is 26.5. The monoisotopic (exact) mass is 536 g/mol. The SMILES string of the molecule is C=C/C(C#N)=C\Cc1cccc(-c2cc3ccc4cc(-c5cccc(C/C=C(/C#N)C=C)c5)cc5ccc(c2)c3c45)c1. The Labute approximate surface area is 246 Å². The Balaban J connectivity index is 1.39. The van der Waals surface area contributed by atoms with E-state index in [0.717, 1.165) is 22.3 Å². The zero-order chi connectivity index (χ0) is 29.1. The molecule has 0 aliphatic rings. The number of benzene rings is 6. The molecule has 0 radical (unpaired) electrons. The lowest BCUT2D eigenvalue weighted by molar-refractivity contribution is 1.26. The third-order valence-electron chi connectivity index (χ3n) is 7.87. The van der Waals surface area contributed by atoms with Crippen LogP contribution in [0.2, 0.25) is 0 Å². The Hall–Kier alpha value is -5.70. The highest BCUT2D eigenvalue weighted by Gasteiger charge is 2.12. The second-order valence-corrected chi connectivity index (χ2v) is 10.5. The summed E-state index contributed by atoms with van der Waals surface area (Å²) in [5.41, 5.74) is 8.18. The second kappa shape index (κ2) is 11.4. The van der Waals surface area contributed by atoms with Gasteiger partial charge in [-0.15, -0.1) is 0 Å². The van der Waals surface area contributed by atoms with Crippen molar-refractivity contribution in [3.63, 3.8) is 0 Å². The van der Waals surface area contributed by atoms with E-state index in [2.05, 4.69) is 122 Å². The van der Waals surface area contributed by atoms with Gasteiger partial charge in [-0.05, 0) is 103 Å². The molecule has 0 aliphatic carbocycles. The number of rotatable bonds is 8. The lowest BCUT2D eigenvalue weighted by Gasteiger charge is -2.15. The standard InChI is InChI=1S/C40H28N2/c1-3-27(25-41)11-13-29-7-5-9-31(19-29)37-21-33-15-17-35-23-38(24-36-18-16-34(22-37)39(33)40(35)36)32-10-6-8-30(20-32)14-12-28(4-2)26-42/h3-12,15-24H,1-2,13-14H2/b27-11+,28-12+. The maximum atomic E-state index is 9.20. The van der Waals surface area contributed by atoms with Gasteiger partial charge in [0.25, 0.3) is 0 Å². The summed E-state index contributed by atoms with van der Waals surface area (Å²) >= 11 is 0. The number of hydrogen-bond donors (Lipinski definition) is 0. The summed E-state index contributed by atoms with van der Waals surface area (Å²) in [6, 6.07) is 39.4. The van der Waals surface area contributed by atoms with Crippen molar-refractivity contribution in [3.05, 3.63) is 157 Å². The predicted octanol–water partition coefficient (Wildman–Crippen LogP) is 10.3. The van der Waals surface area contributed by atoms with Gasteiger partial charge in [0.2, 0.25) is 0 Å². The van der Waals surface area contributed by atoms with Crippen LogP contribution in [0.5, 0.6) is 0 Å². The molecule has 0 fully saturated rings. The van der Waals surface area contributed by atoms with Crippen LogP contribution in [-0.4, -0.2) is 0 Å². The van der Waals surface area contributed by atoms with Crippen LogP contribution in [0.25, 0.3) is 54.6 Å². The molecule has 0 bridgehead atoms. The van der Waals surface area contributed by atoms with Gasteiger partial charge in [-0.2, -0.15) is 10.5 Å². The van der Waals surface area contributed by atoms with Crippen molar-refractivity contribution in [2.45, 2.75) is 12.8 Å². The van der Waals surface area contributed by atoms with Crippen molar-refractivity contribution < 1.29 is 0 Å². The predicted molar refractivity (Wildman–Crippen MR) is 176 cm³/mol. The third-order valence-corrected chi connectivity index (χ3v) is 7.87. The van der Waals surface area contributed by atoms with Crippen molar-refractivity contribution >= 4 is 32.3 Å². The minimum absolute atomic E-state index is 0.592. The van der Waals surface area contributed by atoms with Gasteiger partial charge >= 0.3 is 0 Å². The molecule has 0 N–H and O–H groups in total. The van der Waals surface area contributed by atoms with Gasteiger partial charge in [0.1, 0.15) is 0 Å². The summed E-state index contributed by atoms with van der Waals surface area (Å²) < 4.78 is 0. The summed E-state index contributed by atoms with van der Waals surface area (Å²) in [6.45, 7) is 7.43. The molecule has 198 valence electrons. The Kier molecular flexibility index (Phi) is 7.21. The van der Waals surface area contributed by atoms with Crippen molar-refractivity contribution in [1.82, 2.24) is 0 Å². The van der Waals surface area contributed by atoms with E-state index in [1.807, 2.05) is 12.2 Å². The molecule has 0 saturated carbocycles. The Morgan fingerprint density at radius 1 is 0.524 bits per heavy atom. The molecular formula is C40H28N2. The summed E-state index contributed by atoms with van der Waals surface area (Å²) in [5, 5.41) is 25.9. The van der Waals surface area contributed by atoms with E-state index in [9.17, 15) is 10.5 Å². The van der Waals surface area contributed by atoms with Gasteiger partial charge in [-0.3, -0.25) is 0 Å². The fraction of sp³-hybridized carbons (Fsp3) is 0.0500. The van der Waals surface area contributed by atoms with E-state index in [0.29, 0.717) is 24.0 Å². The zero-order valence-corrected chi connectivity index (χ0v) is 23.3. The molecule has 0 amide bonds. The first-order valence-corrected chi connectivity index (χ1v) is 14.0. The molecule has 2 nitrogen and oxygen atoms in total. The summed E-state index contributed by atoms with van der Waals surface area (Å²) in [4.78, 5) is 0. The number of allylic oxidation sites excluding steroid dienone is 6. The molecule has 0 aliphatic heterocycles. The minimum atomic E-state index is 0.592. The number of hydrogen-bond acceptors (Lipinski definition) is 2. The summed E-state index contributed by atoms with van der Waals surface area (Å²) in [7, 11) is 0. The van der Waals surface area contributed by atoms with Crippen LogP contribution in [0.4, 0.5) is 0 Å². The topological polar surface area (TPSA) is 47.6 Å². The van der Waals surface area contributed by atoms with E-state index in [1.54, 1.807) is 12.2 Å². The van der Waals surface area contributed by atoms with Gasteiger partial charge in [0, 0.05) is 11.1 Å². The van der Waals surface area contributed by atoms with E-state index >= 15 is 0 Å². The quantitative estimate of drug-likeness (QED) is 0.110. The van der Waals surface area contributed by atoms with E-state index in [4.69, 9.17) is 0 Å². The molecule has 0 atom stereocenters. The lowest BCUT2D eigenvalue weighted by Crippen LogP contribution is -1.89. The van der Waals surface area contributed by atoms with Crippen LogP contribution in [0.1, 0.15) is 11.1 Å². The highest BCUT2D eigenvalue weighted by Crippen LogP contribution is 2.39. The first-order valence-electron chi connectivity index (χ1n) is 14.0. The molecule has 6 rings (SSSR count). The molecule has 42 heavy (non-hydrogen) atoms. The summed E-state index contributed by atoms with van der Waals surface area (Å²) in [5.74, 6) is 0. The molecule has 6 aromatic carbocycles. The van der Waals surface area contributed by atoms with Crippen molar-refractivity contribution in [2.24, 2.45) is 0 Å². The maximum absolute atomic E-state index is 9.20. The molecule has 0 aromatic heterocycles. The maximum Gasteiger partial charge on any atom is 0.0988 e. The Morgan fingerprint density at radius 2 is 0.905 bits per heavy atom. The second-order valence-electron chi connectivity index (χ2n) is 10.5. The third kappa shape index (κ3) is 5.11. The van der Waals surface area contributed by atoms with Gasteiger partial charge in [-0.25, -0.2) is 0 Å². The normalized spacial score (nSPS) is 12.0. The molecule has 2 heteroatoms. The van der Waals surface area contributed by atoms with Gasteiger partial charge in [0.15, 0.2) is 0 Å². The summed E-state index contributed by atoms with van der Waals surface area (Å²) in [6.07, 6.45) is 8.41. The molecule has 0 spiro atoms. The fourth-order valence-electron chi connectivity index (χ4n) is 5.73. The van der Waals surface area contributed by atoms with Crippen LogP contribution >= 0.6 is 0 Å². The molecule has 0 unspecified atom stereocenters. The van der Waals surface area contributed by atoms with Gasteiger partial charge < -0.3 is 0 Å². The van der Waals surface area contributed by atoms with E-state index in [-0.39, 0.29) is 0 Å². The van der Waals surface area contributed by atoms with Crippen LogP contribution < -0.4 is 0 Å². The van der Waals surface area contributed by atoms with Crippen molar-refractivity contribution in [3.8, 4) is 34.4 Å². The molecule has 0 heterocycles. The average molecular weight is 537 g/mol. The highest BCUT2D eigenvalue weighted by molar-refractivity contribution is 6.24. The first-order chi connectivity index (χ1) is 20.6. The van der Waals surface area contributed by atoms with Crippen LogP contribution in [0.3, 0.4) is 0 Å². The Bertz CT molecular complexity index is 1920. The van der Waals surface area contributed by atoms with Gasteiger partial charge in [-0.1, -0.05) is 110 Å². The fourth-order valence-corrected chi connectivity index (χ4v) is 5.73. The van der Waals surface area contributed by atoms with Gasteiger partial charge in [0.05, 0.1) is 12.1 Å². The smallest absolute Gasteiger partial charge is 0.0988 e. The molecule has 0 saturated heterocycles. The van der Waals surface area contributed by atoms with Crippen molar-refractivity contribution in [1.29, 1.82) is 10.5 Å². The van der Waals surface area contributed by atoms with Crippen molar-refractivity contribution in [2.75, 3.05) is 0 Å². The Morgan fingerprint density at radius 3 is 1.24 bits per heavy atom. The minimum Gasteiger partial charge on any atom is -0.192 e. The molecular weight excluding hydrogens is 508 g/mol. The van der Waals surface area contributed by atoms with Crippen LogP contribution in [0, 0.1) is 22.7 Å². The molecule has 6 aromatic rings. The zero-order valence-electron chi connectivity index (χ0n) is 23.3. The van der Waals surface area contributed by atoms with Crippen LogP contribution in [-0.2, 0) is 12.8 Å². The van der Waals surface area contributed by atoms with E-state index < -0.39 is 0 Å². The van der Waals surface area contributed by atoms with E-state index in [1.165, 1.54) is 43.4 Å². The number of nitriles is 2. The highest BCUT2D eigenvalue weighted by atomic mass is 14.2. The lowest BCUT2D eigenvalue weighted by atomic mass is 9.89.